The molecule has 0 aromatic heterocycles. The van der Waals surface area contributed by atoms with Crippen molar-refractivity contribution >= 4 is 17.4 Å². The van der Waals surface area contributed by atoms with Gasteiger partial charge in [0.1, 0.15) is 5.75 Å². The number of benzene rings is 1. The van der Waals surface area contributed by atoms with Crippen LogP contribution in [0.1, 0.15) is 18.9 Å². The molecule has 0 unspecified atom stereocenters. The molecule has 0 aliphatic heterocycles. The summed E-state index contributed by atoms with van der Waals surface area (Å²) in [6.45, 7) is 3.89. The molecular weight excluding hydrogens is 256 g/mol. The van der Waals surface area contributed by atoms with Crippen LogP contribution in [0.15, 0.2) is 23.4 Å². The summed E-state index contributed by atoms with van der Waals surface area (Å²) in [7, 11) is 0. The smallest absolute Gasteiger partial charge is 0.171 e. The Morgan fingerprint density at radius 1 is 1.44 bits per heavy atom. The van der Waals surface area contributed by atoms with Crippen LogP contribution in [-0.4, -0.2) is 30.9 Å². The van der Waals surface area contributed by atoms with E-state index >= 15 is 0 Å². The van der Waals surface area contributed by atoms with Crippen molar-refractivity contribution in [3.8, 4) is 5.75 Å². The van der Waals surface area contributed by atoms with Crippen LogP contribution in [0.5, 0.6) is 5.75 Å². The highest BCUT2D eigenvalue weighted by atomic mass is 35.5. The van der Waals surface area contributed by atoms with Crippen molar-refractivity contribution in [3.05, 3.63) is 28.8 Å². The van der Waals surface area contributed by atoms with Crippen molar-refractivity contribution in [1.29, 1.82) is 0 Å². The average molecular weight is 273 g/mol. The predicted octanol–water partition coefficient (Wildman–Crippen LogP) is 2.24. The molecule has 6 heteroatoms. The van der Waals surface area contributed by atoms with E-state index in [0.717, 1.165) is 6.42 Å². The van der Waals surface area contributed by atoms with E-state index in [0.29, 0.717) is 36.2 Å². The minimum Gasteiger partial charge on any atom is -0.493 e. The summed E-state index contributed by atoms with van der Waals surface area (Å²) in [6, 6.07) is 5.00. The Kier molecular flexibility index (Phi) is 6.32. The zero-order valence-corrected chi connectivity index (χ0v) is 11.0. The molecule has 0 radical (unpaired) electrons. The van der Waals surface area contributed by atoms with Gasteiger partial charge in [0.05, 0.1) is 11.6 Å². The summed E-state index contributed by atoms with van der Waals surface area (Å²) < 4.78 is 10.7. The van der Waals surface area contributed by atoms with E-state index in [4.69, 9.17) is 32.0 Å². The summed E-state index contributed by atoms with van der Waals surface area (Å²) >= 11 is 5.99. The molecule has 0 fully saturated rings. The number of amidine groups is 1. The third-order valence-electron chi connectivity index (χ3n) is 2.23. The van der Waals surface area contributed by atoms with Crippen LogP contribution in [0.25, 0.3) is 0 Å². The molecule has 5 nitrogen and oxygen atoms in total. The molecule has 0 saturated heterocycles. The van der Waals surface area contributed by atoms with E-state index < -0.39 is 0 Å². The second kappa shape index (κ2) is 7.79. The van der Waals surface area contributed by atoms with Gasteiger partial charge in [0.15, 0.2) is 5.84 Å². The number of rotatable bonds is 7. The fourth-order valence-corrected chi connectivity index (χ4v) is 1.61. The molecule has 0 amide bonds. The normalized spacial score (nSPS) is 11.6. The third-order valence-corrected chi connectivity index (χ3v) is 2.54. The molecule has 1 rings (SSSR count). The first-order valence-electron chi connectivity index (χ1n) is 5.67. The summed E-state index contributed by atoms with van der Waals surface area (Å²) in [5.41, 5.74) is 5.93. The van der Waals surface area contributed by atoms with Crippen LogP contribution in [0.2, 0.25) is 5.02 Å². The van der Waals surface area contributed by atoms with Gasteiger partial charge in [0, 0.05) is 25.2 Å². The maximum Gasteiger partial charge on any atom is 0.171 e. The number of hydrogen-bond donors (Lipinski definition) is 2. The number of oxime groups is 1. The molecule has 0 heterocycles. The average Bonchev–Trinajstić information content (AvgIpc) is 2.38. The van der Waals surface area contributed by atoms with Gasteiger partial charge >= 0.3 is 0 Å². The van der Waals surface area contributed by atoms with Crippen molar-refractivity contribution in [2.45, 2.75) is 13.3 Å². The van der Waals surface area contributed by atoms with Crippen LogP contribution < -0.4 is 10.5 Å². The molecule has 18 heavy (non-hydrogen) atoms. The van der Waals surface area contributed by atoms with Gasteiger partial charge in [-0.15, -0.1) is 0 Å². The van der Waals surface area contributed by atoms with Crippen LogP contribution in [0.3, 0.4) is 0 Å². The second-order valence-corrected chi connectivity index (χ2v) is 3.93. The molecular formula is C12H17ClN2O3. The largest absolute Gasteiger partial charge is 0.493 e. The van der Waals surface area contributed by atoms with Gasteiger partial charge in [-0.2, -0.15) is 0 Å². The second-order valence-electron chi connectivity index (χ2n) is 3.53. The molecule has 0 spiro atoms. The molecule has 100 valence electrons. The van der Waals surface area contributed by atoms with E-state index in [1.54, 1.807) is 18.2 Å². The van der Waals surface area contributed by atoms with Crippen molar-refractivity contribution in [1.82, 2.24) is 0 Å². The summed E-state index contributed by atoms with van der Waals surface area (Å²) in [5, 5.41) is 11.8. The first-order valence-corrected chi connectivity index (χ1v) is 6.04. The molecule has 1 aromatic rings. The van der Waals surface area contributed by atoms with Crippen molar-refractivity contribution < 1.29 is 14.7 Å². The van der Waals surface area contributed by atoms with Crippen LogP contribution in [0.4, 0.5) is 0 Å². The van der Waals surface area contributed by atoms with E-state index in [1.807, 2.05) is 6.92 Å². The van der Waals surface area contributed by atoms with E-state index in [9.17, 15) is 0 Å². The highest BCUT2D eigenvalue weighted by Crippen LogP contribution is 2.22. The lowest BCUT2D eigenvalue weighted by Gasteiger charge is -2.08. The van der Waals surface area contributed by atoms with E-state index in [-0.39, 0.29) is 5.84 Å². The molecule has 0 saturated carbocycles. The Labute approximate surface area is 111 Å². The molecule has 3 N–H and O–H groups in total. The maximum atomic E-state index is 8.56. The number of halogens is 1. The van der Waals surface area contributed by atoms with Gasteiger partial charge in [-0.1, -0.05) is 16.8 Å². The number of ether oxygens (including phenoxy) is 2. The predicted molar refractivity (Wildman–Crippen MR) is 70.6 cm³/mol. The summed E-state index contributed by atoms with van der Waals surface area (Å²) in [6.07, 6.45) is 0.813. The van der Waals surface area contributed by atoms with E-state index in [2.05, 4.69) is 5.16 Å². The topological polar surface area (TPSA) is 77.1 Å². The lowest BCUT2D eigenvalue weighted by Crippen LogP contribution is -2.13. The van der Waals surface area contributed by atoms with Crippen molar-refractivity contribution in [2.75, 3.05) is 19.8 Å². The summed E-state index contributed by atoms with van der Waals surface area (Å²) in [5.74, 6) is 0.619. The van der Waals surface area contributed by atoms with Gasteiger partial charge in [-0.05, 0) is 25.1 Å². The lowest BCUT2D eigenvalue weighted by molar-refractivity contribution is 0.131. The van der Waals surface area contributed by atoms with Gasteiger partial charge in [-0.3, -0.25) is 0 Å². The minimum atomic E-state index is -0.0251. The number of nitrogens with zero attached hydrogens (tertiary/aromatic N) is 1. The molecule has 0 bridgehead atoms. The van der Waals surface area contributed by atoms with Gasteiger partial charge < -0.3 is 20.4 Å². The SMILES string of the molecule is CCOCCCOc1ccc(/C(N)=N/O)c(Cl)c1. The molecule has 0 aliphatic rings. The Bertz CT molecular complexity index is 410. The quantitative estimate of drug-likeness (QED) is 0.262. The first kappa shape index (κ1) is 14.6. The van der Waals surface area contributed by atoms with Crippen molar-refractivity contribution in [2.24, 2.45) is 10.9 Å². The van der Waals surface area contributed by atoms with Gasteiger partial charge in [-0.25, -0.2) is 0 Å². The molecule has 0 atom stereocenters. The fourth-order valence-electron chi connectivity index (χ4n) is 1.34. The van der Waals surface area contributed by atoms with Gasteiger partial charge in [0.25, 0.3) is 0 Å². The zero-order valence-electron chi connectivity index (χ0n) is 10.2. The van der Waals surface area contributed by atoms with Crippen LogP contribution >= 0.6 is 11.6 Å². The molecule has 1 aromatic carbocycles. The fraction of sp³-hybridized carbons (Fsp3) is 0.417. The van der Waals surface area contributed by atoms with Crippen LogP contribution in [0, 0.1) is 0 Å². The van der Waals surface area contributed by atoms with Gasteiger partial charge in [0.2, 0.25) is 0 Å². The highest BCUT2D eigenvalue weighted by molar-refractivity contribution is 6.34. The maximum absolute atomic E-state index is 8.56. The Morgan fingerprint density at radius 2 is 2.22 bits per heavy atom. The Morgan fingerprint density at radius 3 is 2.83 bits per heavy atom. The molecule has 0 aliphatic carbocycles. The first-order chi connectivity index (χ1) is 8.69. The number of hydrogen-bond acceptors (Lipinski definition) is 4. The summed E-state index contributed by atoms with van der Waals surface area (Å²) in [4.78, 5) is 0. The third kappa shape index (κ3) is 4.43. The lowest BCUT2D eigenvalue weighted by atomic mass is 10.2. The Hall–Kier alpha value is -1.46. The van der Waals surface area contributed by atoms with E-state index in [1.165, 1.54) is 0 Å². The monoisotopic (exact) mass is 272 g/mol. The number of nitrogens with two attached hydrogens (primary N) is 1. The van der Waals surface area contributed by atoms with Crippen LogP contribution in [-0.2, 0) is 4.74 Å². The van der Waals surface area contributed by atoms with Crippen molar-refractivity contribution in [3.63, 3.8) is 0 Å². The Balaban J connectivity index is 2.51. The standard InChI is InChI=1S/C12H17ClN2O3/c1-2-17-6-3-7-18-9-4-5-10(11(13)8-9)12(14)15-16/h4-5,8,16H,2-3,6-7H2,1H3,(H2,14,15). The zero-order chi connectivity index (χ0) is 13.4. The minimum absolute atomic E-state index is 0.0251. The highest BCUT2D eigenvalue weighted by Gasteiger charge is 2.06.